The molecule has 270 valence electrons. The quantitative estimate of drug-likeness (QED) is 0.120. The Balaban J connectivity index is 0.000000175. The van der Waals surface area contributed by atoms with Crippen molar-refractivity contribution in [2.75, 3.05) is 0 Å². The number of fused-ring (bicyclic) bond motifs is 2. The second-order valence-corrected chi connectivity index (χ2v) is 37.6. The molecule has 7 rings (SSSR count). The molecule has 0 aliphatic rings. The van der Waals surface area contributed by atoms with Crippen LogP contribution in [0.1, 0.15) is 64.5 Å². The molecule has 0 unspecified atom stereocenters. The molecule has 0 N–H and O–H groups in total. The third-order valence-corrected chi connectivity index (χ3v) is 29.2. The summed E-state index contributed by atoms with van der Waals surface area (Å²) in [4.78, 5) is 0. The van der Waals surface area contributed by atoms with Crippen LogP contribution in [0.15, 0.2) is 101 Å². The minimum Gasteiger partial charge on any atom is -0.496 e. The van der Waals surface area contributed by atoms with Gasteiger partial charge in [-0.1, -0.05) is 107 Å². The molecule has 52 heavy (non-hydrogen) atoms. The summed E-state index contributed by atoms with van der Waals surface area (Å²) in [5.74, 6) is 1.88. The molecule has 7 aromatic rings. The van der Waals surface area contributed by atoms with Crippen LogP contribution in [0.3, 0.4) is 0 Å². The molecular formula is C47H52Cl2OSiZr-2. The van der Waals surface area contributed by atoms with Gasteiger partial charge in [0.05, 0.1) is 11.5 Å². The van der Waals surface area contributed by atoms with Gasteiger partial charge in [-0.25, -0.2) is 0 Å². The van der Waals surface area contributed by atoms with Crippen LogP contribution in [0.25, 0.3) is 55.1 Å². The molecule has 1 heterocycles. The Hall–Kier alpha value is -2.94. The molecule has 0 amide bonds. The van der Waals surface area contributed by atoms with E-state index in [2.05, 4.69) is 146 Å². The number of halogens is 2. The predicted molar refractivity (Wildman–Crippen MR) is 229 cm³/mol. The smallest absolute Gasteiger partial charge is 0.0896 e. The fourth-order valence-corrected chi connectivity index (χ4v) is 7.11. The van der Waals surface area contributed by atoms with Crippen molar-refractivity contribution in [1.29, 1.82) is 0 Å². The monoisotopic (exact) mass is 820 g/mol. The SMILES string of the molecule is CCCCc1cc2c(-c3cc(C)cc(C)c3)c(C)ccc2[cH-]1.C[Si](C)=[Zr]([Cl])[Cl].Cc1cc(C)cc(-c2c(C)ccc3[cH-]c(-c4ccc(C)o4)cc23)c1. The molecule has 0 aliphatic carbocycles. The van der Waals surface area contributed by atoms with Gasteiger partial charge >= 0.3 is 53.5 Å². The maximum Gasteiger partial charge on any atom is 0.0896 e. The van der Waals surface area contributed by atoms with Crippen LogP contribution < -0.4 is 0 Å². The predicted octanol–water partition coefficient (Wildman–Crippen LogP) is 15.4. The van der Waals surface area contributed by atoms with Crippen molar-refractivity contribution in [1.82, 2.24) is 0 Å². The summed E-state index contributed by atoms with van der Waals surface area (Å²) in [6, 6.07) is 35.9. The van der Waals surface area contributed by atoms with Crippen molar-refractivity contribution in [2.45, 2.75) is 87.7 Å². The Morgan fingerprint density at radius 2 is 1.10 bits per heavy atom. The molecule has 0 bridgehead atoms. The van der Waals surface area contributed by atoms with Crippen LogP contribution >= 0.6 is 17.0 Å². The van der Waals surface area contributed by atoms with Crippen LogP contribution in [-0.2, 0) is 24.4 Å². The van der Waals surface area contributed by atoms with Gasteiger partial charge in [0.25, 0.3) is 0 Å². The van der Waals surface area contributed by atoms with E-state index in [1.807, 2.05) is 19.1 Å². The van der Waals surface area contributed by atoms with Crippen molar-refractivity contribution >= 4 is 44.0 Å². The molecular weight excluding hydrogens is 771 g/mol. The summed E-state index contributed by atoms with van der Waals surface area (Å²) in [5.41, 5.74) is 15.7. The molecule has 6 aromatic carbocycles. The second-order valence-electron chi connectivity index (χ2n) is 14.7. The summed E-state index contributed by atoms with van der Waals surface area (Å²) in [7, 11) is 11.2. The zero-order chi connectivity index (χ0) is 37.7. The zero-order valence-electron chi connectivity index (χ0n) is 32.5. The topological polar surface area (TPSA) is 13.1 Å². The molecule has 0 saturated heterocycles. The Morgan fingerprint density at radius 1 is 0.615 bits per heavy atom. The van der Waals surface area contributed by atoms with Crippen molar-refractivity contribution in [3.8, 4) is 33.6 Å². The largest absolute Gasteiger partial charge is 0.496 e. The van der Waals surface area contributed by atoms with Gasteiger partial charge in [-0.3, -0.25) is 0 Å². The zero-order valence-corrected chi connectivity index (χ0v) is 37.5. The first-order chi connectivity index (χ1) is 24.7. The third kappa shape index (κ3) is 9.97. The number of aryl methyl sites for hydroxylation is 8. The maximum absolute atomic E-state index is 5.81. The molecule has 1 nitrogen and oxygen atoms in total. The summed E-state index contributed by atoms with van der Waals surface area (Å²) in [6.45, 7) is 21.7. The summed E-state index contributed by atoms with van der Waals surface area (Å²) in [6.07, 6.45) is 3.72. The second kappa shape index (κ2) is 17.9. The summed E-state index contributed by atoms with van der Waals surface area (Å²) in [5, 5.41) is 5.35. The van der Waals surface area contributed by atoms with E-state index in [0.717, 1.165) is 17.1 Å². The van der Waals surface area contributed by atoms with Crippen LogP contribution in [0.2, 0.25) is 13.1 Å². The molecule has 0 atom stereocenters. The first-order valence-corrected chi connectivity index (χ1v) is 30.9. The summed E-state index contributed by atoms with van der Waals surface area (Å²) < 4.78 is 5.81. The molecule has 1 aromatic heterocycles. The molecule has 0 saturated carbocycles. The number of hydrogen-bond acceptors (Lipinski definition) is 1. The van der Waals surface area contributed by atoms with Crippen LogP contribution in [0.4, 0.5) is 0 Å². The van der Waals surface area contributed by atoms with Crippen molar-refractivity contribution in [3.63, 3.8) is 0 Å². The van der Waals surface area contributed by atoms with Gasteiger partial charge < -0.3 is 4.42 Å². The Morgan fingerprint density at radius 3 is 1.54 bits per heavy atom. The number of furan rings is 1. The van der Waals surface area contributed by atoms with E-state index in [9.17, 15) is 0 Å². The van der Waals surface area contributed by atoms with Crippen LogP contribution in [0, 0.1) is 48.5 Å². The third-order valence-electron chi connectivity index (χ3n) is 9.50. The van der Waals surface area contributed by atoms with E-state index in [-0.39, 0.29) is 5.43 Å². The van der Waals surface area contributed by atoms with Gasteiger partial charge in [0.15, 0.2) is 0 Å². The average molecular weight is 823 g/mol. The minimum absolute atomic E-state index is 0.224. The fraction of sp³-hybridized carbons (Fsp3) is 0.277. The van der Waals surface area contributed by atoms with Gasteiger partial charge in [0.1, 0.15) is 0 Å². The van der Waals surface area contributed by atoms with E-state index < -0.39 is 18.0 Å². The molecule has 5 heteroatoms. The van der Waals surface area contributed by atoms with E-state index in [0.29, 0.717) is 0 Å². The van der Waals surface area contributed by atoms with Gasteiger partial charge in [-0.05, 0) is 83.7 Å². The maximum atomic E-state index is 5.81. The van der Waals surface area contributed by atoms with Crippen LogP contribution in [-0.4, -0.2) is 5.43 Å². The van der Waals surface area contributed by atoms with Gasteiger partial charge in [0.2, 0.25) is 0 Å². The van der Waals surface area contributed by atoms with Crippen molar-refractivity contribution < 1.29 is 22.4 Å². The standard InChI is InChI=1S/C23H21O.C22H25.C2H6Si.2ClH.Zr/c1-14-9-15(2)11-20(10-14)23-16(3)5-7-18-12-19(13-21(18)23)22-8-6-17(4)24-22;1-5-6-7-18-13-19-9-8-17(4)22(21(19)14-18)20-11-15(2)10-16(3)12-20;1-3-2;;;/h5-13H,1-4H3;8-14H,5-7H2,1-4H3;1-2H3;2*1H;/q2*-1;;;;+2/p-2. The molecule has 0 spiro atoms. The van der Waals surface area contributed by atoms with E-state index in [1.54, 1.807) is 0 Å². The molecule has 0 fully saturated rings. The number of rotatable bonds is 6. The average Bonchev–Trinajstić information content (AvgIpc) is 3.81. The van der Waals surface area contributed by atoms with Gasteiger partial charge in [-0.2, -0.15) is 6.07 Å². The molecule has 0 aliphatic heterocycles. The number of benzene rings is 4. The van der Waals surface area contributed by atoms with Crippen molar-refractivity contribution in [2.24, 2.45) is 0 Å². The first-order valence-electron chi connectivity index (χ1n) is 18.4. The first kappa shape index (κ1) is 40.2. The number of hydrogen-bond donors (Lipinski definition) is 0. The van der Waals surface area contributed by atoms with Crippen LogP contribution in [0.5, 0.6) is 0 Å². The van der Waals surface area contributed by atoms with E-state index >= 15 is 0 Å². The van der Waals surface area contributed by atoms with E-state index in [1.165, 1.54) is 102 Å². The Labute approximate surface area is 327 Å². The van der Waals surface area contributed by atoms with Crippen molar-refractivity contribution in [3.05, 3.63) is 142 Å². The van der Waals surface area contributed by atoms with E-state index in [4.69, 9.17) is 21.4 Å². The normalized spacial score (nSPS) is 10.9. The number of unbranched alkanes of at least 4 members (excludes halogenated alkanes) is 1. The Bertz CT molecular complexity index is 2310. The van der Waals surface area contributed by atoms with Gasteiger partial charge in [0, 0.05) is 0 Å². The Kier molecular flexibility index (Phi) is 13.9. The summed E-state index contributed by atoms with van der Waals surface area (Å²) >= 11 is -1.65. The molecule has 0 radical (unpaired) electrons. The minimum atomic E-state index is -1.65. The van der Waals surface area contributed by atoms with Gasteiger partial charge in [-0.15, -0.1) is 63.5 Å². The fourth-order valence-electron chi connectivity index (χ4n) is 7.11.